The molecule has 0 atom stereocenters. The second-order valence-electron chi connectivity index (χ2n) is 5.61. The van der Waals surface area contributed by atoms with Crippen LogP contribution in [0.4, 0.5) is 5.69 Å². The fraction of sp³-hybridized carbons (Fsp3) is 0.222. The minimum atomic E-state index is -0.194. The zero-order chi connectivity index (χ0) is 17.1. The second kappa shape index (κ2) is 7.24. The summed E-state index contributed by atoms with van der Waals surface area (Å²) >= 11 is 11.9. The van der Waals surface area contributed by atoms with E-state index < -0.39 is 0 Å². The topological polar surface area (TPSA) is 49.4 Å². The SMILES string of the molecule is O=C(NCc1ccc(Cl)cc1Cl)c1ccc(N2CCCC2=O)cc1. The molecule has 124 valence electrons. The standard InChI is InChI=1S/C18H16Cl2N2O2/c19-14-6-3-13(16(20)10-14)11-21-18(24)12-4-7-15(8-5-12)22-9-1-2-17(22)23/h3-8,10H,1-2,9,11H2,(H,21,24). The number of hydrogen-bond acceptors (Lipinski definition) is 2. The third kappa shape index (κ3) is 3.71. The highest BCUT2D eigenvalue weighted by atomic mass is 35.5. The van der Waals surface area contributed by atoms with Crippen LogP contribution in [0.2, 0.25) is 10.0 Å². The van der Waals surface area contributed by atoms with Crippen LogP contribution in [-0.2, 0) is 11.3 Å². The Morgan fingerprint density at radius 2 is 1.88 bits per heavy atom. The molecule has 1 heterocycles. The van der Waals surface area contributed by atoms with Crippen molar-refractivity contribution in [1.29, 1.82) is 0 Å². The molecule has 24 heavy (non-hydrogen) atoms. The molecule has 4 nitrogen and oxygen atoms in total. The van der Waals surface area contributed by atoms with Crippen LogP contribution < -0.4 is 10.2 Å². The molecule has 2 aromatic rings. The summed E-state index contributed by atoms with van der Waals surface area (Å²) in [6.07, 6.45) is 1.47. The maximum absolute atomic E-state index is 12.2. The van der Waals surface area contributed by atoms with Crippen LogP contribution in [0.3, 0.4) is 0 Å². The van der Waals surface area contributed by atoms with Crippen molar-refractivity contribution in [2.45, 2.75) is 19.4 Å². The van der Waals surface area contributed by atoms with Gasteiger partial charge in [-0.1, -0.05) is 29.3 Å². The number of hydrogen-bond donors (Lipinski definition) is 1. The first kappa shape index (κ1) is 16.8. The van der Waals surface area contributed by atoms with Crippen molar-refractivity contribution >= 4 is 40.7 Å². The molecular weight excluding hydrogens is 347 g/mol. The van der Waals surface area contributed by atoms with E-state index in [9.17, 15) is 9.59 Å². The smallest absolute Gasteiger partial charge is 0.251 e. The Balaban J connectivity index is 1.63. The van der Waals surface area contributed by atoms with Crippen molar-refractivity contribution in [3.63, 3.8) is 0 Å². The van der Waals surface area contributed by atoms with Gasteiger partial charge in [0, 0.05) is 40.8 Å². The summed E-state index contributed by atoms with van der Waals surface area (Å²) in [4.78, 5) is 25.7. The van der Waals surface area contributed by atoms with Gasteiger partial charge < -0.3 is 10.2 Å². The van der Waals surface area contributed by atoms with Crippen molar-refractivity contribution < 1.29 is 9.59 Å². The molecule has 0 saturated carbocycles. The number of rotatable bonds is 4. The molecule has 1 N–H and O–H groups in total. The first-order chi connectivity index (χ1) is 11.5. The molecule has 0 unspecified atom stereocenters. The summed E-state index contributed by atoms with van der Waals surface area (Å²) < 4.78 is 0. The van der Waals surface area contributed by atoms with Gasteiger partial charge in [0.15, 0.2) is 0 Å². The van der Waals surface area contributed by atoms with E-state index >= 15 is 0 Å². The van der Waals surface area contributed by atoms with Crippen LogP contribution in [0.15, 0.2) is 42.5 Å². The van der Waals surface area contributed by atoms with Crippen LogP contribution >= 0.6 is 23.2 Å². The number of carbonyl (C=O) groups is 2. The van der Waals surface area contributed by atoms with Crippen LogP contribution in [0.5, 0.6) is 0 Å². The molecule has 0 aromatic heterocycles. The van der Waals surface area contributed by atoms with Crippen molar-refractivity contribution in [2.24, 2.45) is 0 Å². The van der Waals surface area contributed by atoms with Gasteiger partial charge in [0.25, 0.3) is 5.91 Å². The highest BCUT2D eigenvalue weighted by Crippen LogP contribution is 2.22. The van der Waals surface area contributed by atoms with Gasteiger partial charge in [-0.05, 0) is 48.4 Å². The quantitative estimate of drug-likeness (QED) is 0.891. The highest BCUT2D eigenvalue weighted by Gasteiger charge is 2.21. The van der Waals surface area contributed by atoms with Crippen molar-refractivity contribution in [2.75, 3.05) is 11.4 Å². The van der Waals surface area contributed by atoms with E-state index in [1.54, 1.807) is 47.4 Å². The Morgan fingerprint density at radius 3 is 2.50 bits per heavy atom. The van der Waals surface area contributed by atoms with Crippen molar-refractivity contribution in [1.82, 2.24) is 5.32 Å². The molecule has 3 rings (SSSR count). The molecule has 1 aliphatic rings. The Kier molecular flexibility index (Phi) is 5.07. The lowest BCUT2D eigenvalue weighted by atomic mass is 10.1. The van der Waals surface area contributed by atoms with E-state index in [1.165, 1.54) is 0 Å². The second-order valence-corrected chi connectivity index (χ2v) is 6.46. The fourth-order valence-electron chi connectivity index (χ4n) is 2.66. The number of halogens is 2. The average Bonchev–Trinajstić information content (AvgIpc) is 3.00. The van der Waals surface area contributed by atoms with E-state index in [1.807, 2.05) is 0 Å². The molecule has 1 fully saturated rings. The number of nitrogens with one attached hydrogen (secondary N) is 1. The molecule has 0 aliphatic carbocycles. The third-order valence-corrected chi connectivity index (χ3v) is 4.56. The lowest BCUT2D eigenvalue weighted by Gasteiger charge is -2.15. The predicted octanol–water partition coefficient (Wildman–Crippen LogP) is 4.05. The van der Waals surface area contributed by atoms with Gasteiger partial charge in [-0.3, -0.25) is 9.59 Å². The first-order valence-corrected chi connectivity index (χ1v) is 8.43. The summed E-state index contributed by atoms with van der Waals surface area (Å²) in [5.41, 5.74) is 2.17. The lowest BCUT2D eigenvalue weighted by molar-refractivity contribution is -0.117. The maximum atomic E-state index is 12.2. The van der Waals surface area contributed by atoms with Gasteiger partial charge in [0.05, 0.1) is 0 Å². The van der Waals surface area contributed by atoms with Crippen molar-refractivity contribution in [3.05, 3.63) is 63.6 Å². The molecule has 0 radical (unpaired) electrons. The van der Waals surface area contributed by atoms with Crippen LogP contribution in [-0.4, -0.2) is 18.4 Å². The van der Waals surface area contributed by atoms with Gasteiger partial charge in [0.2, 0.25) is 5.91 Å². The molecule has 0 bridgehead atoms. The van der Waals surface area contributed by atoms with Crippen LogP contribution in [0.1, 0.15) is 28.8 Å². The fourth-order valence-corrected chi connectivity index (χ4v) is 3.13. The molecular formula is C18H16Cl2N2O2. The van der Waals surface area contributed by atoms with Crippen LogP contribution in [0.25, 0.3) is 0 Å². The molecule has 2 amide bonds. The monoisotopic (exact) mass is 362 g/mol. The van der Waals surface area contributed by atoms with E-state index in [0.29, 0.717) is 28.6 Å². The lowest BCUT2D eigenvalue weighted by Crippen LogP contribution is -2.25. The molecule has 1 saturated heterocycles. The number of carbonyl (C=O) groups excluding carboxylic acids is 2. The van der Waals surface area contributed by atoms with E-state index in [-0.39, 0.29) is 11.8 Å². The maximum Gasteiger partial charge on any atom is 0.251 e. The largest absolute Gasteiger partial charge is 0.348 e. The normalized spacial score (nSPS) is 14.1. The first-order valence-electron chi connectivity index (χ1n) is 7.67. The summed E-state index contributed by atoms with van der Waals surface area (Å²) in [7, 11) is 0. The van der Waals surface area contributed by atoms with Gasteiger partial charge in [0.1, 0.15) is 0 Å². The third-order valence-electron chi connectivity index (χ3n) is 3.97. The van der Waals surface area contributed by atoms with Crippen molar-refractivity contribution in [3.8, 4) is 0 Å². The summed E-state index contributed by atoms with van der Waals surface area (Å²) in [6, 6.07) is 12.2. The van der Waals surface area contributed by atoms with E-state index in [0.717, 1.165) is 24.2 Å². The minimum absolute atomic E-state index is 0.129. The van der Waals surface area contributed by atoms with E-state index in [4.69, 9.17) is 23.2 Å². The Labute approximate surface area is 150 Å². The van der Waals surface area contributed by atoms with Gasteiger partial charge in [-0.25, -0.2) is 0 Å². The Morgan fingerprint density at radius 1 is 1.12 bits per heavy atom. The molecule has 2 aromatic carbocycles. The van der Waals surface area contributed by atoms with Gasteiger partial charge in [-0.2, -0.15) is 0 Å². The van der Waals surface area contributed by atoms with E-state index in [2.05, 4.69) is 5.32 Å². The summed E-state index contributed by atoms with van der Waals surface area (Å²) in [5.74, 6) is -0.0649. The van der Waals surface area contributed by atoms with Gasteiger partial charge in [-0.15, -0.1) is 0 Å². The zero-order valence-corrected chi connectivity index (χ0v) is 14.4. The Bertz CT molecular complexity index is 775. The highest BCUT2D eigenvalue weighted by molar-refractivity contribution is 6.35. The summed E-state index contributed by atoms with van der Waals surface area (Å²) in [5, 5.41) is 3.90. The predicted molar refractivity (Wildman–Crippen MR) is 95.7 cm³/mol. The minimum Gasteiger partial charge on any atom is -0.348 e. The summed E-state index contributed by atoms with van der Waals surface area (Å²) in [6.45, 7) is 1.06. The molecule has 6 heteroatoms. The average molecular weight is 363 g/mol. The Hall–Kier alpha value is -2.04. The molecule has 0 spiro atoms. The number of amides is 2. The number of nitrogens with zero attached hydrogens (tertiary/aromatic N) is 1. The molecule has 1 aliphatic heterocycles. The van der Waals surface area contributed by atoms with Crippen LogP contribution in [0, 0.1) is 0 Å². The number of anilines is 1. The zero-order valence-electron chi connectivity index (χ0n) is 12.9. The number of benzene rings is 2. The van der Waals surface area contributed by atoms with Gasteiger partial charge >= 0.3 is 0 Å².